The maximum absolute atomic E-state index is 12.9. The van der Waals surface area contributed by atoms with Crippen LogP contribution in [0.2, 0.25) is 0 Å². The van der Waals surface area contributed by atoms with Gasteiger partial charge in [0.25, 0.3) is 5.69 Å². The quantitative estimate of drug-likeness (QED) is 0.438. The molecule has 8 nitrogen and oxygen atoms in total. The standard InChI is InChI=1S/C21H22N4O4/c26-20-14-19(21(27)24(20)15-16-4-2-1-3-5-16)23-12-10-22(11-13-23)17-6-8-18(9-7-17)25(28)29/h1-9,19H,10-15H2/t19-/m0/s1. The van der Waals surface area contributed by atoms with Crippen molar-refractivity contribution in [2.75, 3.05) is 31.1 Å². The average molecular weight is 394 g/mol. The van der Waals surface area contributed by atoms with Gasteiger partial charge in [0.1, 0.15) is 0 Å². The molecule has 2 amide bonds. The summed E-state index contributed by atoms with van der Waals surface area (Å²) in [5.74, 6) is -0.246. The zero-order valence-corrected chi connectivity index (χ0v) is 15.9. The molecule has 0 spiro atoms. The van der Waals surface area contributed by atoms with Crippen LogP contribution in [0.5, 0.6) is 0 Å². The van der Waals surface area contributed by atoms with E-state index < -0.39 is 11.0 Å². The maximum atomic E-state index is 12.9. The molecular weight excluding hydrogens is 372 g/mol. The van der Waals surface area contributed by atoms with Crippen LogP contribution in [0.3, 0.4) is 0 Å². The minimum absolute atomic E-state index is 0.0703. The lowest BCUT2D eigenvalue weighted by Crippen LogP contribution is -2.52. The summed E-state index contributed by atoms with van der Waals surface area (Å²) in [7, 11) is 0. The number of piperazine rings is 1. The van der Waals surface area contributed by atoms with Crippen LogP contribution < -0.4 is 4.90 Å². The third kappa shape index (κ3) is 3.97. The van der Waals surface area contributed by atoms with Crippen molar-refractivity contribution >= 4 is 23.2 Å². The van der Waals surface area contributed by atoms with E-state index >= 15 is 0 Å². The Balaban J connectivity index is 1.36. The molecule has 0 radical (unpaired) electrons. The van der Waals surface area contributed by atoms with E-state index in [1.807, 2.05) is 30.3 Å². The number of likely N-dealkylation sites (tertiary alicyclic amines) is 1. The van der Waals surface area contributed by atoms with Crippen LogP contribution >= 0.6 is 0 Å². The van der Waals surface area contributed by atoms with Gasteiger partial charge in [0.2, 0.25) is 11.8 Å². The van der Waals surface area contributed by atoms with Gasteiger partial charge in [-0.3, -0.25) is 29.5 Å². The monoisotopic (exact) mass is 394 g/mol. The molecule has 0 N–H and O–H groups in total. The van der Waals surface area contributed by atoms with E-state index in [1.165, 1.54) is 17.0 Å². The Kier molecular flexibility index (Phi) is 5.26. The van der Waals surface area contributed by atoms with Gasteiger partial charge in [-0.15, -0.1) is 0 Å². The van der Waals surface area contributed by atoms with Gasteiger partial charge >= 0.3 is 0 Å². The lowest BCUT2D eigenvalue weighted by molar-refractivity contribution is -0.384. The number of benzene rings is 2. The molecule has 29 heavy (non-hydrogen) atoms. The Morgan fingerprint density at radius 1 is 0.931 bits per heavy atom. The molecule has 2 aliphatic heterocycles. The van der Waals surface area contributed by atoms with Gasteiger partial charge < -0.3 is 4.90 Å². The molecule has 2 saturated heterocycles. The highest BCUT2D eigenvalue weighted by Crippen LogP contribution is 2.25. The predicted molar refractivity (Wildman–Crippen MR) is 107 cm³/mol. The lowest BCUT2D eigenvalue weighted by Gasteiger charge is -2.38. The van der Waals surface area contributed by atoms with Crippen LogP contribution in [0, 0.1) is 10.1 Å². The first-order valence-electron chi connectivity index (χ1n) is 9.64. The van der Waals surface area contributed by atoms with Gasteiger partial charge in [0.05, 0.1) is 23.9 Å². The normalized spacial score (nSPS) is 20.3. The summed E-state index contributed by atoms with van der Waals surface area (Å²) in [6.45, 7) is 3.06. The molecule has 1 atom stereocenters. The lowest BCUT2D eigenvalue weighted by atomic mass is 10.1. The summed E-state index contributed by atoms with van der Waals surface area (Å²) in [6, 6.07) is 15.6. The number of rotatable bonds is 5. The minimum Gasteiger partial charge on any atom is -0.369 e. The van der Waals surface area contributed by atoms with Crippen molar-refractivity contribution in [1.82, 2.24) is 9.80 Å². The number of amides is 2. The molecule has 0 unspecified atom stereocenters. The van der Waals surface area contributed by atoms with E-state index in [1.54, 1.807) is 12.1 Å². The summed E-state index contributed by atoms with van der Waals surface area (Å²) in [5.41, 5.74) is 1.94. The highest BCUT2D eigenvalue weighted by atomic mass is 16.6. The second-order valence-electron chi connectivity index (χ2n) is 7.32. The average Bonchev–Trinajstić information content (AvgIpc) is 3.03. The maximum Gasteiger partial charge on any atom is 0.269 e. The van der Waals surface area contributed by atoms with Crippen molar-refractivity contribution in [1.29, 1.82) is 0 Å². The van der Waals surface area contributed by atoms with Crippen LogP contribution in [-0.2, 0) is 16.1 Å². The number of nitrogens with zero attached hydrogens (tertiary/aromatic N) is 4. The Bertz CT molecular complexity index is 908. The van der Waals surface area contributed by atoms with Crippen molar-refractivity contribution in [2.45, 2.75) is 19.0 Å². The summed E-state index contributed by atoms with van der Waals surface area (Å²) in [6.07, 6.45) is 0.225. The molecule has 2 aromatic carbocycles. The molecule has 150 valence electrons. The molecule has 2 aliphatic rings. The molecule has 8 heteroatoms. The van der Waals surface area contributed by atoms with Crippen molar-refractivity contribution < 1.29 is 14.5 Å². The van der Waals surface area contributed by atoms with Crippen LogP contribution in [0.1, 0.15) is 12.0 Å². The second-order valence-corrected chi connectivity index (χ2v) is 7.32. The summed E-state index contributed by atoms with van der Waals surface area (Å²) in [4.78, 5) is 41.3. The Labute approximate surface area is 168 Å². The molecule has 4 rings (SSSR count). The van der Waals surface area contributed by atoms with Crippen LogP contribution in [0.15, 0.2) is 54.6 Å². The third-order valence-corrected chi connectivity index (χ3v) is 5.58. The number of carbonyl (C=O) groups excluding carboxylic acids is 2. The van der Waals surface area contributed by atoms with Crippen molar-refractivity contribution in [3.63, 3.8) is 0 Å². The van der Waals surface area contributed by atoms with Gasteiger partial charge in [-0.1, -0.05) is 30.3 Å². The highest BCUT2D eigenvalue weighted by Gasteiger charge is 2.42. The van der Waals surface area contributed by atoms with E-state index in [0.29, 0.717) is 32.7 Å². The number of nitro benzene ring substituents is 1. The second kappa shape index (κ2) is 8.00. The van der Waals surface area contributed by atoms with Gasteiger partial charge in [0.15, 0.2) is 0 Å². The van der Waals surface area contributed by atoms with Crippen molar-refractivity contribution in [3.05, 3.63) is 70.3 Å². The number of carbonyl (C=O) groups is 2. The zero-order valence-electron chi connectivity index (χ0n) is 15.9. The first-order chi connectivity index (χ1) is 14.0. The SMILES string of the molecule is O=C1C[C@H](N2CCN(c3ccc([N+](=O)[O-])cc3)CC2)C(=O)N1Cc1ccccc1. The van der Waals surface area contributed by atoms with Gasteiger partial charge in [0, 0.05) is 44.0 Å². The molecule has 0 aliphatic carbocycles. The van der Waals surface area contributed by atoms with Gasteiger partial charge in [-0.25, -0.2) is 0 Å². The summed E-state index contributed by atoms with van der Waals surface area (Å²) in [5, 5.41) is 10.8. The van der Waals surface area contributed by atoms with Crippen molar-refractivity contribution in [3.8, 4) is 0 Å². The number of hydrogen-bond donors (Lipinski definition) is 0. The fourth-order valence-electron chi connectivity index (χ4n) is 3.96. The van der Waals surface area contributed by atoms with E-state index in [4.69, 9.17) is 0 Å². The van der Waals surface area contributed by atoms with E-state index in [2.05, 4.69) is 9.80 Å². The first-order valence-corrected chi connectivity index (χ1v) is 9.64. The zero-order chi connectivity index (χ0) is 20.4. The molecule has 0 aromatic heterocycles. The Morgan fingerprint density at radius 3 is 2.21 bits per heavy atom. The van der Waals surface area contributed by atoms with E-state index in [0.717, 1.165) is 11.3 Å². The molecule has 0 bridgehead atoms. The predicted octanol–water partition coefficient (Wildman–Crippen LogP) is 2.04. The van der Waals surface area contributed by atoms with Crippen molar-refractivity contribution in [2.24, 2.45) is 0 Å². The van der Waals surface area contributed by atoms with E-state index in [-0.39, 0.29) is 23.9 Å². The molecular formula is C21H22N4O4. The number of anilines is 1. The van der Waals surface area contributed by atoms with Gasteiger partial charge in [-0.2, -0.15) is 0 Å². The Hall–Kier alpha value is -3.26. The third-order valence-electron chi connectivity index (χ3n) is 5.58. The van der Waals surface area contributed by atoms with Crippen LogP contribution in [-0.4, -0.2) is 58.8 Å². The summed E-state index contributed by atoms with van der Waals surface area (Å²) < 4.78 is 0. The number of imide groups is 1. The number of nitro groups is 1. The number of non-ortho nitro benzene ring substituents is 1. The minimum atomic E-state index is -0.411. The molecule has 2 fully saturated rings. The molecule has 2 heterocycles. The smallest absolute Gasteiger partial charge is 0.269 e. The topological polar surface area (TPSA) is 87.0 Å². The molecule has 2 aromatic rings. The highest BCUT2D eigenvalue weighted by molar-refractivity contribution is 6.05. The fourth-order valence-corrected chi connectivity index (χ4v) is 3.96. The number of hydrogen-bond acceptors (Lipinski definition) is 6. The van der Waals surface area contributed by atoms with E-state index in [9.17, 15) is 19.7 Å². The fraction of sp³-hybridized carbons (Fsp3) is 0.333. The molecule has 0 saturated carbocycles. The van der Waals surface area contributed by atoms with Gasteiger partial charge in [-0.05, 0) is 17.7 Å². The Morgan fingerprint density at radius 2 is 1.59 bits per heavy atom. The largest absolute Gasteiger partial charge is 0.369 e. The van der Waals surface area contributed by atoms with Crippen LogP contribution in [0.4, 0.5) is 11.4 Å². The van der Waals surface area contributed by atoms with Crippen LogP contribution in [0.25, 0.3) is 0 Å². The summed E-state index contributed by atoms with van der Waals surface area (Å²) >= 11 is 0. The first kappa shape index (κ1) is 19.1.